The van der Waals surface area contributed by atoms with Gasteiger partial charge in [0.05, 0.1) is 18.0 Å². The number of rotatable bonds is 7. The number of nitrogens with zero attached hydrogens (tertiary/aromatic N) is 2. The molecule has 0 aliphatic carbocycles. The van der Waals surface area contributed by atoms with Crippen molar-refractivity contribution in [2.75, 3.05) is 19.8 Å². The van der Waals surface area contributed by atoms with Crippen molar-refractivity contribution in [3.8, 4) is 5.75 Å². The smallest absolute Gasteiger partial charge is 0.255 e. The second-order valence-corrected chi connectivity index (χ2v) is 5.50. The van der Waals surface area contributed by atoms with Gasteiger partial charge in [-0.1, -0.05) is 12.1 Å². The molecule has 0 radical (unpaired) electrons. The van der Waals surface area contributed by atoms with Crippen LogP contribution in [0.1, 0.15) is 23.2 Å². The van der Waals surface area contributed by atoms with Crippen LogP contribution in [0.25, 0.3) is 0 Å². The van der Waals surface area contributed by atoms with Gasteiger partial charge >= 0.3 is 0 Å². The van der Waals surface area contributed by atoms with Gasteiger partial charge in [0.25, 0.3) is 5.91 Å². The fourth-order valence-electron chi connectivity index (χ4n) is 2.55. The maximum atomic E-state index is 12.3. The van der Waals surface area contributed by atoms with Crippen molar-refractivity contribution < 1.29 is 14.3 Å². The number of amides is 1. The minimum Gasteiger partial charge on any atom is -0.490 e. The molecule has 2 heterocycles. The first-order valence-corrected chi connectivity index (χ1v) is 7.90. The lowest BCUT2D eigenvalue weighted by atomic mass is 10.2. The van der Waals surface area contributed by atoms with Crippen LogP contribution in [0.15, 0.2) is 43.0 Å². The molecular formula is C17H21N3O3. The van der Waals surface area contributed by atoms with E-state index in [4.69, 9.17) is 9.47 Å². The molecule has 1 amide bonds. The Morgan fingerprint density at radius 3 is 3.13 bits per heavy atom. The van der Waals surface area contributed by atoms with Gasteiger partial charge in [0.2, 0.25) is 0 Å². The molecule has 0 spiro atoms. The molecule has 122 valence electrons. The van der Waals surface area contributed by atoms with E-state index in [1.807, 2.05) is 29.0 Å². The van der Waals surface area contributed by atoms with E-state index in [0.717, 1.165) is 19.4 Å². The van der Waals surface area contributed by atoms with E-state index in [1.54, 1.807) is 18.6 Å². The summed E-state index contributed by atoms with van der Waals surface area (Å²) < 4.78 is 13.3. The highest BCUT2D eigenvalue weighted by Crippen LogP contribution is 2.20. The van der Waals surface area contributed by atoms with Gasteiger partial charge in [0.1, 0.15) is 12.4 Å². The van der Waals surface area contributed by atoms with E-state index in [0.29, 0.717) is 31.0 Å². The number of hydrogen-bond acceptors (Lipinski definition) is 4. The molecule has 23 heavy (non-hydrogen) atoms. The minimum absolute atomic E-state index is 0.131. The predicted molar refractivity (Wildman–Crippen MR) is 85.5 cm³/mol. The standard InChI is InChI=1S/C17H21N3O3/c21-17(19-8-10-20-9-7-18-13-20)15-5-1-2-6-16(15)23-12-14-4-3-11-22-14/h1-2,5-7,9,13-14H,3-4,8,10-12H2,(H,19,21). The third-order valence-corrected chi connectivity index (χ3v) is 3.80. The van der Waals surface area contributed by atoms with Crippen LogP contribution < -0.4 is 10.1 Å². The van der Waals surface area contributed by atoms with Crippen LogP contribution in [-0.4, -0.2) is 41.3 Å². The highest BCUT2D eigenvalue weighted by molar-refractivity contribution is 5.96. The zero-order chi connectivity index (χ0) is 15.9. The minimum atomic E-state index is -0.131. The van der Waals surface area contributed by atoms with E-state index in [9.17, 15) is 4.79 Å². The molecule has 1 unspecified atom stereocenters. The first-order chi connectivity index (χ1) is 11.3. The second kappa shape index (κ2) is 7.78. The lowest BCUT2D eigenvalue weighted by Gasteiger charge is -2.14. The molecule has 2 aromatic rings. The molecule has 1 aliphatic rings. The summed E-state index contributed by atoms with van der Waals surface area (Å²) in [5, 5.41) is 2.91. The van der Waals surface area contributed by atoms with Gasteiger partial charge in [-0.3, -0.25) is 4.79 Å². The summed E-state index contributed by atoms with van der Waals surface area (Å²) in [4.78, 5) is 16.3. The molecule has 6 nitrogen and oxygen atoms in total. The molecule has 6 heteroatoms. The molecular weight excluding hydrogens is 294 g/mol. The van der Waals surface area contributed by atoms with Crippen LogP contribution in [0.5, 0.6) is 5.75 Å². The SMILES string of the molecule is O=C(NCCn1ccnc1)c1ccccc1OCC1CCCO1. The highest BCUT2D eigenvalue weighted by atomic mass is 16.5. The normalized spacial score (nSPS) is 17.1. The van der Waals surface area contributed by atoms with E-state index in [1.165, 1.54) is 0 Å². The number of ether oxygens (including phenoxy) is 2. The van der Waals surface area contributed by atoms with Gasteiger partial charge < -0.3 is 19.4 Å². The molecule has 1 saturated heterocycles. The van der Waals surface area contributed by atoms with Crippen LogP contribution in [-0.2, 0) is 11.3 Å². The van der Waals surface area contributed by atoms with Gasteiger partial charge in [0.15, 0.2) is 0 Å². The van der Waals surface area contributed by atoms with E-state index in [2.05, 4.69) is 10.3 Å². The number of aromatic nitrogens is 2. The Morgan fingerprint density at radius 2 is 2.35 bits per heavy atom. The first-order valence-electron chi connectivity index (χ1n) is 7.90. The number of para-hydroxylation sites is 1. The number of carbonyl (C=O) groups excluding carboxylic acids is 1. The average molecular weight is 315 g/mol. The Morgan fingerprint density at radius 1 is 1.43 bits per heavy atom. The molecule has 1 N–H and O–H groups in total. The molecule has 1 atom stereocenters. The molecule has 0 bridgehead atoms. The Kier molecular flexibility index (Phi) is 5.26. The van der Waals surface area contributed by atoms with E-state index in [-0.39, 0.29) is 12.0 Å². The zero-order valence-electron chi connectivity index (χ0n) is 13.0. The van der Waals surface area contributed by atoms with E-state index >= 15 is 0 Å². The monoisotopic (exact) mass is 315 g/mol. The summed E-state index contributed by atoms with van der Waals surface area (Å²) in [6, 6.07) is 7.30. The summed E-state index contributed by atoms with van der Waals surface area (Å²) in [6.45, 7) is 2.50. The molecule has 1 aromatic heterocycles. The number of hydrogen-bond donors (Lipinski definition) is 1. The third-order valence-electron chi connectivity index (χ3n) is 3.80. The lowest BCUT2D eigenvalue weighted by molar-refractivity contribution is 0.0670. The molecule has 1 aromatic carbocycles. The van der Waals surface area contributed by atoms with Crippen molar-refractivity contribution in [2.45, 2.75) is 25.5 Å². The van der Waals surface area contributed by atoms with Crippen LogP contribution in [0.4, 0.5) is 0 Å². The zero-order valence-corrected chi connectivity index (χ0v) is 13.0. The van der Waals surface area contributed by atoms with Gasteiger partial charge in [-0.15, -0.1) is 0 Å². The Balaban J connectivity index is 1.54. The third kappa shape index (κ3) is 4.32. The lowest BCUT2D eigenvalue weighted by Crippen LogP contribution is -2.27. The Bertz CT molecular complexity index is 622. The highest BCUT2D eigenvalue weighted by Gasteiger charge is 2.18. The average Bonchev–Trinajstić information content (AvgIpc) is 3.27. The summed E-state index contributed by atoms with van der Waals surface area (Å²) in [5.41, 5.74) is 0.552. The van der Waals surface area contributed by atoms with Crippen LogP contribution in [0.2, 0.25) is 0 Å². The van der Waals surface area contributed by atoms with Crippen molar-refractivity contribution >= 4 is 5.91 Å². The largest absolute Gasteiger partial charge is 0.490 e. The Hall–Kier alpha value is -2.34. The number of benzene rings is 1. The fourth-order valence-corrected chi connectivity index (χ4v) is 2.55. The summed E-state index contributed by atoms with van der Waals surface area (Å²) in [5.74, 6) is 0.469. The van der Waals surface area contributed by atoms with Gasteiger partial charge in [-0.2, -0.15) is 0 Å². The molecule has 1 fully saturated rings. The van der Waals surface area contributed by atoms with Gasteiger partial charge in [0, 0.05) is 32.1 Å². The van der Waals surface area contributed by atoms with Crippen LogP contribution in [0.3, 0.4) is 0 Å². The Labute approximate surface area is 135 Å². The van der Waals surface area contributed by atoms with Crippen molar-refractivity contribution in [1.82, 2.24) is 14.9 Å². The summed E-state index contributed by atoms with van der Waals surface area (Å²) in [7, 11) is 0. The maximum absolute atomic E-state index is 12.3. The quantitative estimate of drug-likeness (QED) is 0.847. The summed E-state index contributed by atoms with van der Waals surface area (Å²) >= 11 is 0. The maximum Gasteiger partial charge on any atom is 0.255 e. The first kappa shape index (κ1) is 15.6. The van der Waals surface area contributed by atoms with Crippen molar-refractivity contribution in [3.05, 3.63) is 48.5 Å². The topological polar surface area (TPSA) is 65.4 Å². The summed E-state index contributed by atoms with van der Waals surface area (Å²) in [6.07, 6.45) is 7.53. The van der Waals surface area contributed by atoms with Gasteiger partial charge in [-0.25, -0.2) is 4.98 Å². The van der Waals surface area contributed by atoms with Crippen molar-refractivity contribution in [2.24, 2.45) is 0 Å². The van der Waals surface area contributed by atoms with Crippen LogP contribution >= 0.6 is 0 Å². The molecule has 3 rings (SSSR count). The number of imidazole rings is 1. The van der Waals surface area contributed by atoms with Crippen LogP contribution in [0, 0.1) is 0 Å². The number of carbonyl (C=O) groups is 1. The number of nitrogens with one attached hydrogen (secondary N) is 1. The second-order valence-electron chi connectivity index (χ2n) is 5.50. The molecule has 0 saturated carbocycles. The van der Waals surface area contributed by atoms with E-state index < -0.39 is 0 Å². The van der Waals surface area contributed by atoms with Gasteiger partial charge in [-0.05, 0) is 25.0 Å². The predicted octanol–water partition coefficient (Wildman–Crippen LogP) is 1.87. The fraction of sp³-hybridized carbons (Fsp3) is 0.412. The molecule has 1 aliphatic heterocycles. The van der Waals surface area contributed by atoms with Crippen molar-refractivity contribution in [3.63, 3.8) is 0 Å². The van der Waals surface area contributed by atoms with Crippen molar-refractivity contribution in [1.29, 1.82) is 0 Å².